The first-order chi connectivity index (χ1) is 9.65. The highest BCUT2D eigenvalue weighted by Crippen LogP contribution is 2.32. The topological polar surface area (TPSA) is 69.6 Å². The van der Waals surface area contributed by atoms with Crippen LogP contribution in [0.4, 0.5) is 0 Å². The van der Waals surface area contributed by atoms with Crippen LogP contribution in [0.15, 0.2) is 0 Å². The van der Waals surface area contributed by atoms with Gasteiger partial charge in [-0.15, -0.1) is 17.5 Å². The Morgan fingerprint density at radius 3 is 2.57 bits per heavy atom. The SMILES string of the molecule is Cc1nnsc1C(=O)N1CCN(CC(O)C2CC2)CC1.Cl. The molecule has 0 bridgehead atoms. The Hall–Kier alpha value is -0.760. The summed E-state index contributed by atoms with van der Waals surface area (Å²) in [6, 6.07) is 0. The third-order valence-electron chi connectivity index (χ3n) is 4.12. The minimum Gasteiger partial charge on any atom is -0.392 e. The second-order valence-corrected chi connectivity index (χ2v) is 6.44. The summed E-state index contributed by atoms with van der Waals surface area (Å²) in [5.74, 6) is 0.556. The van der Waals surface area contributed by atoms with E-state index in [4.69, 9.17) is 0 Å². The lowest BCUT2D eigenvalue weighted by Crippen LogP contribution is -2.50. The number of rotatable bonds is 4. The Bertz CT molecular complexity index is 486. The Labute approximate surface area is 134 Å². The lowest BCUT2D eigenvalue weighted by atomic mass is 10.2. The number of halogens is 1. The number of aryl methyl sites for hydroxylation is 1. The average Bonchev–Trinajstić information content (AvgIpc) is 3.21. The minimum atomic E-state index is -0.190. The zero-order valence-electron chi connectivity index (χ0n) is 12.1. The van der Waals surface area contributed by atoms with Gasteiger partial charge in [0.15, 0.2) is 0 Å². The van der Waals surface area contributed by atoms with E-state index >= 15 is 0 Å². The van der Waals surface area contributed by atoms with Gasteiger partial charge in [-0.2, -0.15) is 0 Å². The van der Waals surface area contributed by atoms with Crippen molar-refractivity contribution in [2.45, 2.75) is 25.9 Å². The molecule has 1 aromatic heterocycles. The molecule has 2 aliphatic rings. The molecule has 118 valence electrons. The zero-order valence-corrected chi connectivity index (χ0v) is 13.7. The zero-order chi connectivity index (χ0) is 14.1. The van der Waals surface area contributed by atoms with E-state index in [0.717, 1.165) is 32.5 Å². The summed E-state index contributed by atoms with van der Waals surface area (Å²) in [6.07, 6.45) is 2.14. The summed E-state index contributed by atoms with van der Waals surface area (Å²) in [4.78, 5) is 17.1. The molecular weight excluding hydrogens is 312 g/mol. The molecule has 2 heterocycles. The molecule has 0 aromatic carbocycles. The van der Waals surface area contributed by atoms with Crippen molar-refractivity contribution in [3.8, 4) is 0 Å². The Balaban J connectivity index is 0.00000161. The summed E-state index contributed by atoms with van der Waals surface area (Å²) in [5.41, 5.74) is 0.714. The van der Waals surface area contributed by atoms with Crippen LogP contribution in [0.5, 0.6) is 0 Å². The standard InChI is InChI=1S/C13H20N4O2S.ClH/c1-9-12(20-15-14-9)13(19)17-6-4-16(5-7-17)8-11(18)10-2-3-10;/h10-11,18H,2-8H2,1H3;1H. The lowest BCUT2D eigenvalue weighted by Gasteiger charge is -2.35. The van der Waals surface area contributed by atoms with Crippen molar-refractivity contribution in [1.29, 1.82) is 0 Å². The molecule has 1 saturated heterocycles. The van der Waals surface area contributed by atoms with Gasteiger partial charge in [0.1, 0.15) is 4.88 Å². The number of hydrogen-bond acceptors (Lipinski definition) is 6. The monoisotopic (exact) mass is 332 g/mol. The van der Waals surface area contributed by atoms with Gasteiger partial charge in [0.05, 0.1) is 11.8 Å². The highest BCUT2D eigenvalue weighted by atomic mass is 35.5. The predicted molar refractivity (Wildman–Crippen MR) is 83.0 cm³/mol. The molecule has 1 aromatic rings. The first-order valence-electron chi connectivity index (χ1n) is 7.14. The Morgan fingerprint density at radius 1 is 1.38 bits per heavy atom. The fourth-order valence-electron chi connectivity index (χ4n) is 2.60. The van der Waals surface area contributed by atoms with Gasteiger partial charge in [-0.1, -0.05) is 4.49 Å². The number of piperazine rings is 1. The molecule has 1 aliphatic carbocycles. The third kappa shape index (κ3) is 3.91. The molecule has 1 unspecified atom stereocenters. The van der Waals surface area contributed by atoms with Crippen LogP contribution in [0.1, 0.15) is 28.2 Å². The van der Waals surface area contributed by atoms with Crippen molar-refractivity contribution in [2.75, 3.05) is 32.7 Å². The maximum absolute atomic E-state index is 12.3. The molecule has 1 aliphatic heterocycles. The molecule has 8 heteroatoms. The van der Waals surface area contributed by atoms with Gasteiger partial charge in [-0.25, -0.2) is 0 Å². The summed E-state index contributed by atoms with van der Waals surface area (Å²) < 4.78 is 3.82. The highest BCUT2D eigenvalue weighted by Gasteiger charge is 2.32. The molecule has 0 spiro atoms. The van der Waals surface area contributed by atoms with Gasteiger partial charge in [0.2, 0.25) is 0 Å². The molecule has 0 radical (unpaired) electrons. The highest BCUT2D eigenvalue weighted by molar-refractivity contribution is 7.07. The molecule has 1 saturated carbocycles. The van der Waals surface area contributed by atoms with E-state index in [-0.39, 0.29) is 24.4 Å². The molecule has 3 rings (SSSR count). The maximum atomic E-state index is 12.3. The van der Waals surface area contributed by atoms with Crippen LogP contribution >= 0.6 is 23.9 Å². The summed E-state index contributed by atoms with van der Waals surface area (Å²) in [5, 5.41) is 13.9. The van der Waals surface area contributed by atoms with Crippen molar-refractivity contribution >= 4 is 29.8 Å². The van der Waals surface area contributed by atoms with Gasteiger partial charge in [-0.3, -0.25) is 9.69 Å². The van der Waals surface area contributed by atoms with E-state index in [9.17, 15) is 9.90 Å². The van der Waals surface area contributed by atoms with Gasteiger partial charge >= 0.3 is 0 Å². The second-order valence-electron chi connectivity index (χ2n) is 5.69. The number of aromatic nitrogens is 2. The van der Waals surface area contributed by atoms with Crippen molar-refractivity contribution in [2.24, 2.45) is 5.92 Å². The predicted octanol–water partition coefficient (Wildman–Crippen LogP) is 0.797. The number of nitrogens with zero attached hydrogens (tertiary/aromatic N) is 4. The van der Waals surface area contributed by atoms with Gasteiger partial charge in [0, 0.05) is 32.7 Å². The van der Waals surface area contributed by atoms with Gasteiger partial charge in [-0.05, 0) is 37.2 Å². The van der Waals surface area contributed by atoms with Crippen molar-refractivity contribution in [1.82, 2.24) is 19.4 Å². The molecule has 6 nitrogen and oxygen atoms in total. The van der Waals surface area contributed by atoms with Crippen LogP contribution in [0.25, 0.3) is 0 Å². The van der Waals surface area contributed by atoms with Crippen molar-refractivity contribution in [3.63, 3.8) is 0 Å². The number of aliphatic hydroxyl groups is 1. The van der Waals surface area contributed by atoms with Crippen molar-refractivity contribution < 1.29 is 9.90 Å². The van der Waals surface area contributed by atoms with Crippen LogP contribution < -0.4 is 0 Å². The van der Waals surface area contributed by atoms with E-state index in [1.165, 1.54) is 11.5 Å². The normalized spacial score (nSPS) is 21.0. The third-order valence-corrected chi connectivity index (χ3v) is 4.93. The molecule has 1 N–H and O–H groups in total. The average molecular weight is 333 g/mol. The number of hydrogen-bond donors (Lipinski definition) is 1. The van der Waals surface area contributed by atoms with Crippen LogP contribution in [0, 0.1) is 12.8 Å². The van der Waals surface area contributed by atoms with E-state index in [0.29, 0.717) is 29.6 Å². The van der Waals surface area contributed by atoms with Gasteiger partial charge in [0.25, 0.3) is 5.91 Å². The molecule has 1 amide bonds. The summed E-state index contributed by atoms with van der Waals surface area (Å²) in [7, 11) is 0. The van der Waals surface area contributed by atoms with Crippen molar-refractivity contribution in [3.05, 3.63) is 10.6 Å². The van der Waals surface area contributed by atoms with E-state index < -0.39 is 0 Å². The summed E-state index contributed by atoms with van der Waals surface area (Å²) >= 11 is 1.17. The van der Waals surface area contributed by atoms with Crippen LogP contribution in [-0.2, 0) is 0 Å². The fourth-order valence-corrected chi connectivity index (χ4v) is 3.22. The maximum Gasteiger partial charge on any atom is 0.267 e. The first-order valence-corrected chi connectivity index (χ1v) is 7.91. The van der Waals surface area contributed by atoms with Crippen LogP contribution in [0.2, 0.25) is 0 Å². The largest absolute Gasteiger partial charge is 0.392 e. The number of carbonyl (C=O) groups is 1. The second kappa shape index (κ2) is 7.00. The van der Waals surface area contributed by atoms with E-state index in [1.54, 1.807) is 0 Å². The number of aliphatic hydroxyl groups excluding tert-OH is 1. The number of carbonyl (C=O) groups excluding carboxylic acids is 1. The first kappa shape index (κ1) is 16.6. The molecule has 1 atom stereocenters. The van der Waals surface area contributed by atoms with E-state index in [1.807, 2.05) is 11.8 Å². The quantitative estimate of drug-likeness (QED) is 0.883. The van der Waals surface area contributed by atoms with E-state index in [2.05, 4.69) is 14.5 Å². The Kier molecular flexibility index (Phi) is 5.54. The molecule has 21 heavy (non-hydrogen) atoms. The lowest BCUT2D eigenvalue weighted by molar-refractivity contribution is 0.0491. The Morgan fingerprint density at radius 2 is 2.05 bits per heavy atom. The fraction of sp³-hybridized carbons (Fsp3) is 0.769. The smallest absolute Gasteiger partial charge is 0.267 e. The molecule has 2 fully saturated rings. The van der Waals surface area contributed by atoms with Crippen LogP contribution in [-0.4, -0.2) is 69.2 Å². The number of amides is 1. The summed E-state index contributed by atoms with van der Waals surface area (Å²) in [6.45, 7) is 5.66. The minimum absolute atomic E-state index is 0. The van der Waals surface area contributed by atoms with Crippen LogP contribution in [0.3, 0.4) is 0 Å². The number of β-amino-alcohol motifs (C(OH)–C–C–N with tert-alkyl or cyclic N) is 1. The van der Waals surface area contributed by atoms with Gasteiger partial charge < -0.3 is 10.0 Å². The molecular formula is C13H21ClN4O2S.